The molecule has 0 spiro atoms. The highest BCUT2D eigenvalue weighted by Crippen LogP contribution is 2.47. The van der Waals surface area contributed by atoms with Crippen LogP contribution >= 0.6 is 11.6 Å². The van der Waals surface area contributed by atoms with Crippen molar-refractivity contribution in [3.8, 4) is 22.8 Å². The van der Waals surface area contributed by atoms with Gasteiger partial charge in [-0.15, -0.1) is 0 Å². The third-order valence-corrected chi connectivity index (χ3v) is 16.5. The number of ketones is 1. The first-order valence-corrected chi connectivity index (χ1v) is 29.5. The summed E-state index contributed by atoms with van der Waals surface area (Å²) in [4.78, 5) is 83.5. The fourth-order valence-electron chi connectivity index (χ4n) is 12.0. The summed E-state index contributed by atoms with van der Waals surface area (Å²) in [5, 5.41) is 5.24. The van der Waals surface area contributed by atoms with Crippen molar-refractivity contribution in [2.24, 2.45) is 4.99 Å². The number of ether oxygens (including phenoxy) is 2. The number of rotatable bonds is 19. The van der Waals surface area contributed by atoms with Crippen LogP contribution in [-0.2, 0) is 22.7 Å². The molecule has 6 aromatic rings. The summed E-state index contributed by atoms with van der Waals surface area (Å²) >= 11 is 6.42. The standard InChI is InChI=1S/C64H72ClFN12O6/c1-40(2)84-54-36-49(83-6)26-27-50(54)61-71-57(42-20-18-41(3)19-21-42)58(43-22-24-46(65)25-23-43)78(61)64(82)75-32-31-74(55(80)39-75)28-12-10-8-7-9-11-15-48(79)16-13-30-77-53-38-73(5)63(81)45-33-44(34-47(66)35-45)52-17-14-29-76(52)62-59(67)69-37-51(70-62)56(53)60(68-4)72-77/h18-27,33-37,40,52,57-58H,7-17,28-32,38-39H2,1-3,5-6H3,(H2,67,69)/t52-,57+,58-/m1/s1. The average Bonchev–Trinajstić information content (AvgIpc) is 2.70. The Morgan fingerprint density at radius 1 is 0.869 bits per heavy atom. The molecule has 10 rings (SSSR count). The number of methoxy groups -OCH3 is 1. The molecule has 84 heavy (non-hydrogen) atoms. The van der Waals surface area contributed by atoms with Gasteiger partial charge in [0.2, 0.25) is 5.91 Å². The van der Waals surface area contributed by atoms with E-state index >= 15 is 9.18 Å². The first kappa shape index (κ1) is 58.8. The summed E-state index contributed by atoms with van der Waals surface area (Å²) in [5.74, 6) is 1.43. The van der Waals surface area contributed by atoms with Gasteiger partial charge in [0.05, 0.1) is 67.1 Å². The number of benzene rings is 4. The molecule has 2 saturated heterocycles. The van der Waals surface area contributed by atoms with E-state index in [1.54, 1.807) is 34.7 Å². The lowest BCUT2D eigenvalue weighted by Gasteiger charge is -2.38. The highest BCUT2D eigenvalue weighted by Gasteiger charge is 2.46. The summed E-state index contributed by atoms with van der Waals surface area (Å²) in [6.07, 6.45) is 9.40. The van der Waals surface area contributed by atoms with Crippen molar-refractivity contribution in [1.82, 2.24) is 39.3 Å². The minimum atomic E-state index is -0.564. The number of aliphatic imine (C=N–C) groups is 1. The van der Waals surface area contributed by atoms with Crippen LogP contribution in [0.1, 0.15) is 146 Å². The number of halogens is 2. The molecule has 2 N–H and O–H groups in total. The monoisotopic (exact) mass is 1160 g/mol. The molecule has 4 bridgehead atoms. The number of carbonyl (C=O) groups excluding carboxylic acids is 4. The Hall–Kier alpha value is -8.37. The van der Waals surface area contributed by atoms with Crippen LogP contribution in [0, 0.1) is 19.3 Å². The third kappa shape index (κ3) is 12.9. The predicted molar refractivity (Wildman–Crippen MR) is 321 cm³/mol. The number of nitrogens with two attached hydrogens (primary N) is 1. The number of fused-ring (bicyclic) bond motifs is 9. The van der Waals surface area contributed by atoms with Gasteiger partial charge >= 0.3 is 11.8 Å². The predicted octanol–water partition coefficient (Wildman–Crippen LogP) is 11.9. The maximum atomic E-state index is 15.2. The van der Waals surface area contributed by atoms with Crippen molar-refractivity contribution in [3.05, 3.63) is 152 Å². The van der Waals surface area contributed by atoms with Gasteiger partial charge in [-0.3, -0.25) is 24.3 Å². The van der Waals surface area contributed by atoms with Crippen LogP contribution in [0.2, 0.25) is 5.02 Å². The lowest BCUT2D eigenvalue weighted by molar-refractivity contribution is -0.135. The topological polar surface area (TPSA) is 189 Å². The van der Waals surface area contributed by atoms with Crippen molar-refractivity contribution in [1.29, 1.82) is 0 Å². The van der Waals surface area contributed by atoms with Gasteiger partial charge in [0.25, 0.3) is 5.91 Å². The molecule has 4 aliphatic rings. The highest BCUT2D eigenvalue weighted by atomic mass is 35.5. The van der Waals surface area contributed by atoms with Crippen LogP contribution in [0.4, 0.5) is 26.6 Å². The number of nitrogen functional groups attached to an aromatic ring is 1. The number of urea groups is 1. The fourth-order valence-corrected chi connectivity index (χ4v) is 12.1. The summed E-state index contributed by atoms with van der Waals surface area (Å²) in [6, 6.07) is 24.0. The molecule has 4 aromatic carbocycles. The molecule has 20 heteroatoms. The van der Waals surface area contributed by atoms with Gasteiger partial charge in [0, 0.05) is 62.7 Å². The molecule has 4 aliphatic heterocycles. The second-order valence-corrected chi connectivity index (χ2v) is 23.0. The lowest BCUT2D eigenvalue weighted by Crippen LogP contribution is -2.56. The zero-order valence-corrected chi connectivity index (χ0v) is 49.2. The molecule has 0 unspecified atom stereocenters. The molecule has 438 valence electrons. The Bertz CT molecular complexity index is 3490. The van der Waals surface area contributed by atoms with Gasteiger partial charge < -0.3 is 39.7 Å². The largest absolute Gasteiger partial charge is 0.497 e. The quantitative estimate of drug-likeness (QED) is 0.0600. The first-order valence-electron chi connectivity index (χ1n) is 29.1. The van der Waals surface area contributed by atoms with E-state index in [4.69, 9.17) is 43.4 Å². The van der Waals surface area contributed by atoms with Gasteiger partial charge in [-0.2, -0.15) is 4.68 Å². The number of amides is 4. The van der Waals surface area contributed by atoms with E-state index in [-0.39, 0.29) is 66.1 Å². The number of aromatic nitrogens is 4. The second kappa shape index (κ2) is 26.0. The number of carbonyl (C=O) groups is 4. The maximum absolute atomic E-state index is 15.2. The van der Waals surface area contributed by atoms with Crippen LogP contribution in [-0.4, -0.2) is 122 Å². The Labute approximate surface area is 495 Å². The van der Waals surface area contributed by atoms with E-state index in [0.717, 1.165) is 61.6 Å². The summed E-state index contributed by atoms with van der Waals surface area (Å²) < 4.78 is 28.8. The van der Waals surface area contributed by atoms with Crippen molar-refractivity contribution >= 4 is 58.5 Å². The van der Waals surface area contributed by atoms with Crippen molar-refractivity contribution in [3.63, 3.8) is 0 Å². The number of unbranched alkanes of at least 4 members (excludes halogenated alkanes) is 5. The average molecular weight is 1160 g/mol. The molecule has 0 saturated carbocycles. The maximum Gasteiger partial charge on any atom is 0.326 e. The Kier molecular flexibility index (Phi) is 18.2. The minimum absolute atomic E-state index is 0.0420. The van der Waals surface area contributed by atoms with E-state index in [1.807, 2.05) is 97.3 Å². The molecule has 0 radical (unpaired) electrons. The number of amidine groups is 1. The molecule has 18 nitrogen and oxygen atoms in total. The summed E-state index contributed by atoms with van der Waals surface area (Å²) in [5.41, 5.74) is 12.2. The number of hydrogen-bond acceptors (Lipinski definition) is 12. The zero-order valence-electron chi connectivity index (χ0n) is 48.4. The van der Waals surface area contributed by atoms with Crippen LogP contribution in [0.25, 0.3) is 16.1 Å². The summed E-state index contributed by atoms with van der Waals surface area (Å²) in [6.45, 7) is 16.3. The molecule has 2 fully saturated rings. The smallest absolute Gasteiger partial charge is 0.326 e. The van der Waals surface area contributed by atoms with E-state index in [0.29, 0.717) is 115 Å². The number of anilines is 2. The van der Waals surface area contributed by atoms with Crippen LogP contribution in [0.3, 0.4) is 0 Å². The van der Waals surface area contributed by atoms with Crippen LogP contribution in [0.5, 0.6) is 11.5 Å². The minimum Gasteiger partial charge on any atom is -0.497 e. The number of hydrogen-bond donors (Lipinski definition) is 1. The van der Waals surface area contributed by atoms with Crippen molar-refractivity contribution in [2.45, 2.75) is 129 Å². The summed E-state index contributed by atoms with van der Waals surface area (Å²) in [7, 11) is 3.23. The number of aryl methyl sites for hydroxylation is 2. The number of nitrogens with zero attached hydrogens (tertiary/aromatic N) is 11. The Morgan fingerprint density at radius 2 is 1.61 bits per heavy atom. The van der Waals surface area contributed by atoms with E-state index in [2.05, 4.69) is 14.9 Å². The van der Waals surface area contributed by atoms with Gasteiger partial charge in [-0.05, 0) is 117 Å². The van der Waals surface area contributed by atoms with Crippen LogP contribution < -0.4 is 20.1 Å². The van der Waals surface area contributed by atoms with Gasteiger partial charge in [0.1, 0.15) is 41.5 Å². The SMILES string of the molecule is [C-]#[N+]c1nn(CCCC(=O)CCCCCCCCN2CCN(C(=O)N3C(c4ccc(OC)cc4OC(C)C)=N[C@@H](c4ccc(C)cc4)[C@H]3c3ccc(Cl)cc3)CC2=O)c2c1-c1cnc(N)c(n1)N1CCC[C@@H]1c1cc(F)cc(c1)C(=O)N(C)C2. The van der Waals surface area contributed by atoms with Crippen molar-refractivity contribution < 1.29 is 33.0 Å². The van der Waals surface area contributed by atoms with E-state index in [1.165, 1.54) is 23.2 Å². The molecule has 4 amide bonds. The van der Waals surface area contributed by atoms with Gasteiger partial charge in [0.15, 0.2) is 11.6 Å². The van der Waals surface area contributed by atoms with Gasteiger partial charge in [-0.1, -0.05) is 85.8 Å². The number of piperazine rings is 1. The lowest BCUT2D eigenvalue weighted by atomic mass is 9.93. The van der Waals surface area contributed by atoms with Gasteiger partial charge in [-0.25, -0.2) is 19.2 Å². The third-order valence-electron chi connectivity index (χ3n) is 16.2. The fraction of sp³-hybridized carbons (Fsp3) is 0.422. The Morgan fingerprint density at radius 3 is 2.35 bits per heavy atom. The number of Topliss-reactive ketones (excluding diaryl/α,β-unsaturated/α-hetero) is 1. The molecular formula is C64H72ClFN12O6. The first-order chi connectivity index (χ1) is 40.6. The Balaban J connectivity index is 0.718. The second-order valence-electron chi connectivity index (χ2n) is 22.5. The van der Waals surface area contributed by atoms with Crippen molar-refractivity contribution in [2.75, 3.05) is 57.5 Å². The van der Waals surface area contributed by atoms with E-state index < -0.39 is 17.9 Å². The highest BCUT2D eigenvalue weighted by molar-refractivity contribution is 6.30. The van der Waals surface area contributed by atoms with Crippen LogP contribution in [0.15, 0.2) is 96.1 Å². The normalized spacial score (nSPS) is 17.8. The molecule has 0 aliphatic carbocycles. The van der Waals surface area contributed by atoms with E-state index in [9.17, 15) is 14.4 Å². The molecular weight excluding hydrogens is 1090 g/mol. The molecule has 3 atom stereocenters. The molecule has 2 aromatic heterocycles. The molecule has 6 heterocycles. The zero-order chi connectivity index (χ0) is 59.2.